The Labute approximate surface area is 118 Å². The summed E-state index contributed by atoms with van der Waals surface area (Å²) >= 11 is 0. The van der Waals surface area contributed by atoms with Gasteiger partial charge in [-0.1, -0.05) is 18.2 Å². The number of nitrogens with two attached hydrogens (primary N) is 1. The molecule has 4 heteroatoms. The summed E-state index contributed by atoms with van der Waals surface area (Å²) in [7, 11) is 0. The Morgan fingerprint density at radius 3 is 2.65 bits per heavy atom. The number of ether oxygens (including phenoxy) is 1. The molecule has 1 atom stereocenters. The van der Waals surface area contributed by atoms with Crippen LogP contribution in [0.3, 0.4) is 0 Å². The first kappa shape index (κ1) is 13.6. The Balaban J connectivity index is 1.91. The second kappa shape index (κ2) is 4.86. The van der Waals surface area contributed by atoms with Crippen molar-refractivity contribution in [3.8, 4) is 5.75 Å². The first-order chi connectivity index (χ1) is 9.59. The fourth-order valence-electron chi connectivity index (χ4n) is 3.51. The molecule has 3 rings (SSSR count). The first-order valence-corrected chi connectivity index (χ1v) is 7.23. The van der Waals surface area contributed by atoms with Crippen LogP contribution in [0.25, 0.3) is 0 Å². The maximum absolute atomic E-state index is 11.5. The predicted molar refractivity (Wildman–Crippen MR) is 75.6 cm³/mol. The molecule has 0 bridgehead atoms. The number of fused-ring (bicyclic) bond motifs is 1. The van der Waals surface area contributed by atoms with E-state index in [2.05, 4.69) is 0 Å². The molecule has 20 heavy (non-hydrogen) atoms. The van der Waals surface area contributed by atoms with Gasteiger partial charge in [-0.05, 0) is 30.9 Å². The van der Waals surface area contributed by atoms with Gasteiger partial charge in [-0.3, -0.25) is 4.79 Å². The summed E-state index contributed by atoms with van der Waals surface area (Å²) in [5.74, 6) is 1.12. The van der Waals surface area contributed by atoms with Crippen molar-refractivity contribution >= 4 is 5.78 Å². The van der Waals surface area contributed by atoms with Gasteiger partial charge in [0.2, 0.25) is 0 Å². The summed E-state index contributed by atoms with van der Waals surface area (Å²) in [6.07, 6.45) is 2.59. The van der Waals surface area contributed by atoms with Crippen molar-refractivity contribution in [3.63, 3.8) is 0 Å². The van der Waals surface area contributed by atoms with Gasteiger partial charge in [-0.15, -0.1) is 0 Å². The highest BCUT2D eigenvalue weighted by atomic mass is 16.5. The largest absolute Gasteiger partial charge is 0.493 e. The van der Waals surface area contributed by atoms with Crippen LogP contribution in [-0.4, -0.2) is 29.6 Å². The van der Waals surface area contributed by atoms with Crippen LogP contribution < -0.4 is 10.5 Å². The molecule has 0 spiro atoms. The van der Waals surface area contributed by atoms with E-state index < -0.39 is 11.0 Å². The highest BCUT2D eigenvalue weighted by Crippen LogP contribution is 2.47. The number of hydrogen-bond donors (Lipinski definition) is 2. The summed E-state index contributed by atoms with van der Waals surface area (Å²) in [5.41, 5.74) is 5.73. The zero-order chi connectivity index (χ0) is 14.2. The van der Waals surface area contributed by atoms with E-state index in [0.717, 1.165) is 11.3 Å². The van der Waals surface area contributed by atoms with Gasteiger partial charge in [-0.2, -0.15) is 0 Å². The van der Waals surface area contributed by atoms with Gasteiger partial charge in [0.25, 0.3) is 0 Å². The fraction of sp³-hybridized carbons (Fsp3) is 0.562. The molecule has 1 unspecified atom stereocenters. The van der Waals surface area contributed by atoms with Gasteiger partial charge in [-0.25, -0.2) is 0 Å². The topological polar surface area (TPSA) is 72.5 Å². The summed E-state index contributed by atoms with van der Waals surface area (Å²) < 4.78 is 5.85. The van der Waals surface area contributed by atoms with Crippen LogP contribution in [0.4, 0.5) is 0 Å². The summed E-state index contributed by atoms with van der Waals surface area (Å²) in [4.78, 5) is 11.5. The molecule has 108 valence electrons. The van der Waals surface area contributed by atoms with Gasteiger partial charge in [0.1, 0.15) is 11.5 Å². The number of rotatable bonds is 2. The van der Waals surface area contributed by atoms with Gasteiger partial charge >= 0.3 is 0 Å². The average Bonchev–Trinajstić information content (AvgIpc) is 2.49. The van der Waals surface area contributed by atoms with Crippen LogP contribution in [0.2, 0.25) is 0 Å². The van der Waals surface area contributed by atoms with Crippen LogP contribution in [0, 0.1) is 5.41 Å². The van der Waals surface area contributed by atoms with Gasteiger partial charge in [0.15, 0.2) is 0 Å². The zero-order valence-electron chi connectivity index (χ0n) is 11.6. The van der Waals surface area contributed by atoms with Gasteiger partial charge < -0.3 is 15.6 Å². The van der Waals surface area contributed by atoms with E-state index in [1.54, 1.807) is 0 Å². The normalized spacial score (nSPS) is 28.6. The van der Waals surface area contributed by atoms with Crippen LogP contribution >= 0.6 is 0 Å². The maximum atomic E-state index is 11.5. The summed E-state index contributed by atoms with van der Waals surface area (Å²) in [6, 6.07) is 7.89. The van der Waals surface area contributed by atoms with Crippen molar-refractivity contribution in [1.29, 1.82) is 0 Å². The molecule has 4 nitrogen and oxygen atoms in total. The third-order valence-corrected chi connectivity index (χ3v) is 5.02. The fourth-order valence-corrected chi connectivity index (χ4v) is 3.51. The van der Waals surface area contributed by atoms with Crippen molar-refractivity contribution in [2.24, 2.45) is 11.1 Å². The number of para-hydroxylation sites is 1. The zero-order valence-corrected chi connectivity index (χ0v) is 11.6. The van der Waals surface area contributed by atoms with E-state index in [9.17, 15) is 9.90 Å². The average molecular weight is 275 g/mol. The van der Waals surface area contributed by atoms with Crippen molar-refractivity contribution in [1.82, 2.24) is 0 Å². The minimum atomic E-state index is -0.900. The molecular formula is C16H21NO3. The number of carbonyl (C=O) groups is 1. The van der Waals surface area contributed by atoms with E-state index in [1.165, 1.54) is 0 Å². The molecule has 1 heterocycles. The van der Waals surface area contributed by atoms with Crippen LogP contribution in [0.1, 0.15) is 31.2 Å². The number of hydrogen-bond acceptors (Lipinski definition) is 4. The van der Waals surface area contributed by atoms with Crippen molar-refractivity contribution in [2.45, 2.75) is 37.7 Å². The predicted octanol–water partition coefficient (Wildman–Crippen LogP) is 1.44. The first-order valence-electron chi connectivity index (χ1n) is 7.23. The number of ketones is 1. The molecule has 0 aromatic heterocycles. The molecule has 3 N–H and O–H groups in total. The lowest BCUT2D eigenvalue weighted by atomic mass is 9.62. The monoisotopic (exact) mass is 275 g/mol. The van der Waals surface area contributed by atoms with Gasteiger partial charge in [0.05, 0.1) is 12.2 Å². The van der Waals surface area contributed by atoms with Crippen LogP contribution in [0.15, 0.2) is 24.3 Å². The minimum absolute atomic E-state index is 0.235. The Hall–Kier alpha value is -1.39. The quantitative estimate of drug-likeness (QED) is 0.856. The van der Waals surface area contributed by atoms with Gasteiger partial charge in [0, 0.05) is 24.8 Å². The number of aliphatic hydroxyl groups is 1. The Bertz CT molecular complexity index is 518. The number of carbonyl (C=O) groups excluding carboxylic acids is 1. The molecule has 0 saturated heterocycles. The second-order valence-corrected chi connectivity index (χ2v) is 6.13. The lowest BCUT2D eigenvalue weighted by Gasteiger charge is -2.50. The molecule has 1 aliphatic carbocycles. The van der Waals surface area contributed by atoms with Crippen LogP contribution in [-0.2, 0) is 11.2 Å². The molecule has 1 aliphatic heterocycles. The van der Waals surface area contributed by atoms with Crippen molar-refractivity contribution in [3.05, 3.63) is 29.8 Å². The Morgan fingerprint density at radius 2 is 1.95 bits per heavy atom. The molecule has 1 aromatic rings. The Kier molecular flexibility index (Phi) is 3.30. The third-order valence-electron chi connectivity index (χ3n) is 5.02. The SMILES string of the molecule is NCC1(C2(O)CCC(=O)CC2)COc2ccccc2C1. The Morgan fingerprint density at radius 1 is 1.25 bits per heavy atom. The highest BCUT2D eigenvalue weighted by molar-refractivity contribution is 5.79. The lowest BCUT2D eigenvalue weighted by molar-refractivity contribution is -0.145. The molecule has 1 saturated carbocycles. The minimum Gasteiger partial charge on any atom is -0.493 e. The molecular weight excluding hydrogens is 254 g/mol. The van der Waals surface area contributed by atoms with E-state index in [4.69, 9.17) is 10.5 Å². The molecule has 0 amide bonds. The summed E-state index contributed by atoms with van der Waals surface area (Å²) in [5, 5.41) is 11.1. The third kappa shape index (κ3) is 2.03. The van der Waals surface area contributed by atoms with E-state index >= 15 is 0 Å². The maximum Gasteiger partial charge on any atom is 0.133 e. The molecule has 2 aliphatic rings. The number of Topliss-reactive ketones (excluding diaryl/α,β-unsaturated/α-hetero) is 1. The van der Waals surface area contributed by atoms with Crippen molar-refractivity contribution < 1.29 is 14.6 Å². The smallest absolute Gasteiger partial charge is 0.133 e. The van der Waals surface area contributed by atoms with E-state index in [1.807, 2.05) is 24.3 Å². The van der Waals surface area contributed by atoms with E-state index in [0.29, 0.717) is 45.3 Å². The van der Waals surface area contributed by atoms with Crippen LogP contribution in [0.5, 0.6) is 5.75 Å². The van der Waals surface area contributed by atoms with Crippen molar-refractivity contribution in [2.75, 3.05) is 13.2 Å². The number of benzene rings is 1. The standard InChI is InChI=1S/C16H21NO3/c17-10-15(16(19)7-5-13(18)6-8-16)9-12-3-1-2-4-14(12)20-11-15/h1-4,19H,5-11,17H2. The second-order valence-electron chi connectivity index (χ2n) is 6.13. The molecule has 1 aromatic carbocycles. The van der Waals surface area contributed by atoms with E-state index in [-0.39, 0.29) is 5.78 Å². The lowest BCUT2D eigenvalue weighted by Crippen LogP contribution is -2.59. The molecule has 0 radical (unpaired) electrons. The highest BCUT2D eigenvalue weighted by Gasteiger charge is 2.52. The summed E-state index contributed by atoms with van der Waals surface area (Å²) in [6.45, 7) is 0.789. The molecule has 1 fully saturated rings.